The Labute approximate surface area is 187 Å². The molecular weight excluding hydrogens is 403 g/mol. The van der Waals surface area contributed by atoms with Crippen molar-refractivity contribution in [1.29, 1.82) is 0 Å². The number of halogens is 1. The second kappa shape index (κ2) is 9.63. The molecule has 0 radical (unpaired) electrons. The van der Waals surface area contributed by atoms with Gasteiger partial charge in [0.2, 0.25) is 0 Å². The normalized spacial score (nSPS) is 16.5. The first-order chi connectivity index (χ1) is 15.7. The van der Waals surface area contributed by atoms with Crippen molar-refractivity contribution in [3.05, 3.63) is 78.5 Å². The molecule has 1 aliphatic heterocycles. The highest BCUT2D eigenvalue weighted by Gasteiger charge is 2.21. The van der Waals surface area contributed by atoms with Gasteiger partial charge in [-0.1, -0.05) is 30.3 Å². The number of H-pyrrole nitrogens is 1. The molecule has 2 aromatic heterocycles. The summed E-state index contributed by atoms with van der Waals surface area (Å²) in [7, 11) is 0. The minimum absolute atomic E-state index is 0.417. The van der Waals surface area contributed by atoms with Gasteiger partial charge >= 0.3 is 0 Å². The topological polar surface area (TPSA) is 53.0 Å². The summed E-state index contributed by atoms with van der Waals surface area (Å²) in [5.74, 6) is 0. The summed E-state index contributed by atoms with van der Waals surface area (Å²) in [6.45, 7) is 5.44. The molecule has 1 fully saturated rings. The lowest BCUT2D eigenvalue weighted by Crippen LogP contribution is -2.48. The van der Waals surface area contributed by atoms with E-state index in [0.717, 1.165) is 61.3 Å². The van der Waals surface area contributed by atoms with E-state index in [0.29, 0.717) is 13.0 Å². The van der Waals surface area contributed by atoms with Crippen LogP contribution in [-0.2, 0) is 12.8 Å². The molecule has 6 nitrogen and oxygen atoms in total. The smallest absolute Gasteiger partial charge is 0.123 e. The van der Waals surface area contributed by atoms with Crippen molar-refractivity contribution in [2.45, 2.75) is 19.0 Å². The van der Waals surface area contributed by atoms with Gasteiger partial charge in [-0.2, -0.15) is 0 Å². The molecule has 0 spiro atoms. The van der Waals surface area contributed by atoms with E-state index in [2.05, 4.69) is 61.4 Å². The van der Waals surface area contributed by atoms with Crippen LogP contribution in [0.15, 0.2) is 67.4 Å². The van der Waals surface area contributed by atoms with Crippen molar-refractivity contribution in [3.63, 3.8) is 0 Å². The summed E-state index contributed by atoms with van der Waals surface area (Å²) in [5.41, 5.74) is 4.40. The number of benzene rings is 2. The van der Waals surface area contributed by atoms with E-state index in [-0.39, 0.29) is 0 Å². The summed E-state index contributed by atoms with van der Waals surface area (Å²) in [5, 5.41) is 8.80. The van der Waals surface area contributed by atoms with Crippen LogP contribution in [0, 0.1) is 0 Å². The molecule has 1 atom stereocenters. The molecule has 0 bridgehead atoms. The Hall–Kier alpha value is -3.03. The predicted molar refractivity (Wildman–Crippen MR) is 125 cm³/mol. The van der Waals surface area contributed by atoms with Gasteiger partial charge in [0, 0.05) is 68.5 Å². The third-order valence-corrected chi connectivity index (χ3v) is 6.39. The molecule has 1 aliphatic rings. The highest BCUT2D eigenvalue weighted by molar-refractivity contribution is 5.85. The van der Waals surface area contributed by atoms with Gasteiger partial charge in [-0.3, -0.25) is 9.47 Å². The van der Waals surface area contributed by atoms with Crippen LogP contribution in [0.3, 0.4) is 0 Å². The van der Waals surface area contributed by atoms with Gasteiger partial charge in [0.1, 0.15) is 18.8 Å². The molecule has 32 heavy (non-hydrogen) atoms. The predicted octanol–water partition coefficient (Wildman–Crippen LogP) is 3.49. The monoisotopic (exact) mass is 432 g/mol. The van der Waals surface area contributed by atoms with E-state index in [4.69, 9.17) is 0 Å². The Morgan fingerprint density at radius 2 is 1.69 bits per heavy atom. The molecule has 0 aliphatic carbocycles. The van der Waals surface area contributed by atoms with Gasteiger partial charge in [0.05, 0.1) is 0 Å². The Balaban J connectivity index is 1.13. The number of alkyl halides is 1. The molecule has 0 saturated carbocycles. The van der Waals surface area contributed by atoms with Crippen molar-refractivity contribution in [1.82, 2.24) is 29.5 Å². The number of hydrogen-bond donors (Lipinski definition) is 1. The van der Waals surface area contributed by atoms with Gasteiger partial charge < -0.3 is 9.88 Å². The van der Waals surface area contributed by atoms with Crippen molar-refractivity contribution >= 4 is 10.9 Å². The molecule has 1 N–H and O–H groups in total. The van der Waals surface area contributed by atoms with E-state index in [1.54, 1.807) is 12.7 Å². The van der Waals surface area contributed by atoms with Gasteiger partial charge in [-0.05, 0) is 35.7 Å². The Morgan fingerprint density at radius 1 is 0.938 bits per heavy atom. The quantitative estimate of drug-likeness (QED) is 0.463. The van der Waals surface area contributed by atoms with Crippen LogP contribution in [0.5, 0.6) is 0 Å². The fraction of sp³-hybridized carbons (Fsp3) is 0.360. The first-order valence-electron chi connectivity index (χ1n) is 11.3. The maximum Gasteiger partial charge on any atom is 0.123 e. The van der Waals surface area contributed by atoms with Crippen molar-refractivity contribution < 1.29 is 4.39 Å². The number of hydrogen-bond acceptors (Lipinski definition) is 4. The minimum atomic E-state index is -0.886. The Morgan fingerprint density at radius 3 is 2.47 bits per heavy atom. The van der Waals surface area contributed by atoms with Gasteiger partial charge in [0.15, 0.2) is 0 Å². The lowest BCUT2D eigenvalue weighted by Gasteiger charge is -2.35. The fourth-order valence-corrected chi connectivity index (χ4v) is 4.54. The lowest BCUT2D eigenvalue weighted by atomic mass is 10.1. The molecule has 0 amide bonds. The summed E-state index contributed by atoms with van der Waals surface area (Å²) in [4.78, 5) is 8.03. The molecule has 7 heteroatoms. The van der Waals surface area contributed by atoms with E-state index in [1.165, 1.54) is 5.56 Å². The third-order valence-electron chi connectivity index (χ3n) is 6.39. The zero-order valence-electron chi connectivity index (χ0n) is 18.2. The third kappa shape index (κ3) is 4.89. The lowest BCUT2D eigenvalue weighted by molar-refractivity contribution is 0.107. The fourth-order valence-electron chi connectivity index (χ4n) is 4.54. The van der Waals surface area contributed by atoms with Crippen LogP contribution in [0.1, 0.15) is 11.1 Å². The van der Waals surface area contributed by atoms with Crippen LogP contribution in [-0.4, -0.2) is 75.0 Å². The zero-order valence-corrected chi connectivity index (χ0v) is 18.2. The number of rotatable bonds is 8. The van der Waals surface area contributed by atoms with Crippen LogP contribution in [0.25, 0.3) is 16.6 Å². The second-order valence-electron chi connectivity index (χ2n) is 8.59. The highest BCUT2D eigenvalue weighted by atomic mass is 19.1. The maximum absolute atomic E-state index is 15.0. The standard InChI is InChI=1S/C25H29FN6/c26-22(17-31-12-10-30(11-13-31)9-8-20-4-2-1-3-5-20)14-21-16-27-25-7-6-23(15-24(21)25)32-18-28-29-19-32/h1-7,15-16,18-19,22,27H,8-14,17H2/t22-/m0/s1. The van der Waals surface area contributed by atoms with Gasteiger partial charge in [-0.25, -0.2) is 4.39 Å². The van der Waals surface area contributed by atoms with Crippen LogP contribution in [0.4, 0.5) is 4.39 Å². The van der Waals surface area contributed by atoms with Crippen molar-refractivity contribution in [3.8, 4) is 5.69 Å². The molecule has 5 rings (SSSR count). The van der Waals surface area contributed by atoms with E-state index in [1.807, 2.05) is 22.9 Å². The van der Waals surface area contributed by atoms with Crippen LogP contribution < -0.4 is 0 Å². The van der Waals surface area contributed by atoms with E-state index >= 15 is 4.39 Å². The number of aromatic nitrogens is 4. The average Bonchev–Trinajstić information content (AvgIpc) is 3.50. The number of aromatic amines is 1. The minimum Gasteiger partial charge on any atom is -0.361 e. The largest absolute Gasteiger partial charge is 0.361 e. The average molecular weight is 433 g/mol. The van der Waals surface area contributed by atoms with Crippen molar-refractivity contribution in [2.24, 2.45) is 0 Å². The summed E-state index contributed by atoms with van der Waals surface area (Å²) >= 11 is 0. The number of nitrogens with zero attached hydrogens (tertiary/aromatic N) is 5. The first-order valence-corrected chi connectivity index (χ1v) is 11.3. The molecular formula is C25H29FN6. The highest BCUT2D eigenvalue weighted by Crippen LogP contribution is 2.23. The number of nitrogens with one attached hydrogen (secondary N) is 1. The first kappa shape index (κ1) is 20.8. The zero-order chi connectivity index (χ0) is 21.8. The number of fused-ring (bicyclic) bond motifs is 1. The van der Waals surface area contributed by atoms with Crippen LogP contribution >= 0.6 is 0 Å². The van der Waals surface area contributed by atoms with Gasteiger partial charge in [0.25, 0.3) is 0 Å². The maximum atomic E-state index is 15.0. The Kier molecular flexibility index (Phi) is 6.27. The second-order valence-corrected chi connectivity index (χ2v) is 8.59. The molecule has 1 saturated heterocycles. The molecule has 2 aromatic carbocycles. The van der Waals surface area contributed by atoms with Crippen LogP contribution in [0.2, 0.25) is 0 Å². The molecule has 0 unspecified atom stereocenters. The summed E-state index contributed by atoms with van der Waals surface area (Å²) in [6, 6.07) is 16.7. The number of piperazine rings is 1. The summed E-state index contributed by atoms with van der Waals surface area (Å²) in [6.07, 6.45) is 5.89. The molecule has 4 aromatic rings. The molecule has 166 valence electrons. The van der Waals surface area contributed by atoms with E-state index in [9.17, 15) is 0 Å². The summed E-state index contributed by atoms with van der Waals surface area (Å²) < 4.78 is 16.9. The van der Waals surface area contributed by atoms with Gasteiger partial charge in [-0.15, -0.1) is 10.2 Å². The molecule has 3 heterocycles. The Bertz CT molecular complexity index is 1120. The van der Waals surface area contributed by atoms with E-state index < -0.39 is 6.17 Å². The SMILES string of the molecule is F[C@@H](Cc1c[nH]c2ccc(-n3cnnc3)cc12)CN1CCN(CCc2ccccc2)CC1. The van der Waals surface area contributed by atoms with Crippen molar-refractivity contribution in [2.75, 3.05) is 39.3 Å².